The van der Waals surface area contributed by atoms with Crippen LogP contribution in [-0.2, 0) is 13.6 Å². The van der Waals surface area contributed by atoms with Crippen LogP contribution in [0, 0.1) is 0 Å². The van der Waals surface area contributed by atoms with Gasteiger partial charge in [-0.25, -0.2) is 9.98 Å². The van der Waals surface area contributed by atoms with Gasteiger partial charge in [-0.2, -0.15) is 0 Å². The van der Waals surface area contributed by atoms with Crippen LogP contribution in [0.2, 0.25) is 0 Å². The van der Waals surface area contributed by atoms with E-state index in [9.17, 15) is 0 Å². The van der Waals surface area contributed by atoms with Crippen LogP contribution in [0.15, 0.2) is 41.5 Å². The number of halogens is 1. The Balaban J connectivity index is 0.00000220. The highest BCUT2D eigenvalue weighted by Crippen LogP contribution is 2.11. The molecule has 0 amide bonds. The van der Waals surface area contributed by atoms with Crippen molar-refractivity contribution in [1.29, 1.82) is 0 Å². The van der Waals surface area contributed by atoms with E-state index in [0.29, 0.717) is 12.5 Å². The number of nitrogens with two attached hydrogens (primary N) is 1. The lowest BCUT2D eigenvalue weighted by Crippen LogP contribution is -2.22. The molecule has 6 nitrogen and oxygen atoms in total. The minimum absolute atomic E-state index is 0. The number of para-hydroxylation sites is 1. The quantitative estimate of drug-likeness (QED) is 0.468. The first kappa shape index (κ1) is 17.3. The van der Waals surface area contributed by atoms with Crippen molar-refractivity contribution in [2.45, 2.75) is 6.54 Å². The van der Waals surface area contributed by atoms with Crippen molar-refractivity contribution >= 4 is 41.6 Å². The summed E-state index contributed by atoms with van der Waals surface area (Å²) >= 11 is 0. The van der Waals surface area contributed by atoms with Crippen LogP contribution in [0.3, 0.4) is 0 Å². The number of imidazole rings is 1. The number of aliphatic imine (C=N–C) groups is 1. The molecule has 1 heterocycles. The van der Waals surface area contributed by atoms with Crippen LogP contribution < -0.4 is 16.0 Å². The number of aromatic nitrogens is 2. The third-order valence-electron chi connectivity index (χ3n) is 2.92. The molecule has 0 spiro atoms. The Labute approximate surface area is 142 Å². The molecule has 0 saturated heterocycles. The van der Waals surface area contributed by atoms with Gasteiger partial charge in [0, 0.05) is 26.8 Å². The van der Waals surface area contributed by atoms with Crippen molar-refractivity contribution in [3.8, 4) is 0 Å². The third-order valence-corrected chi connectivity index (χ3v) is 2.92. The third kappa shape index (κ3) is 4.62. The van der Waals surface area contributed by atoms with Crippen LogP contribution in [0.25, 0.3) is 0 Å². The van der Waals surface area contributed by atoms with E-state index < -0.39 is 0 Å². The van der Waals surface area contributed by atoms with E-state index in [1.165, 1.54) is 0 Å². The average molecular weight is 400 g/mol. The van der Waals surface area contributed by atoms with Gasteiger partial charge in [-0.05, 0) is 12.1 Å². The molecular weight excluding hydrogens is 379 g/mol. The topological polar surface area (TPSA) is 71.5 Å². The number of guanidine groups is 1. The van der Waals surface area contributed by atoms with Crippen LogP contribution in [-0.4, -0.2) is 29.6 Å². The molecule has 114 valence electrons. The second-order valence-electron chi connectivity index (χ2n) is 4.70. The zero-order chi connectivity index (χ0) is 14.5. The summed E-state index contributed by atoms with van der Waals surface area (Å²) in [5.41, 5.74) is 7.80. The Morgan fingerprint density at radius 1 is 1.33 bits per heavy atom. The van der Waals surface area contributed by atoms with Gasteiger partial charge < -0.3 is 20.5 Å². The number of nitrogens with zero attached hydrogens (tertiary/aromatic N) is 4. The average Bonchev–Trinajstić information content (AvgIpc) is 2.79. The zero-order valence-corrected chi connectivity index (χ0v) is 14.8. The summed E-state index contributed by atoms with van der Waals surface area (Å²) in [5.74, 6) is 1.29. The number of anilines is 2. The molecule has 7 heteroatoms. The van der Waals surface area contributed by atoms with Gasteiger partial charge in [0.1, 0.15) is 0 Å². The minimum Gasteiger partial charge on any atom is -0.370 e. The fourth-order valence-corrected chi connectivity index (χ4v) is 1.87. The molecule has 0 radical (unpaired) electrons. The van der Waals surface area contributed by atoms with Crippen molar-refractivity contribution in [3.05, 3.63) is 42.2 Å². The number of benzene rings is 1. The molecule has 0 aliphatic heterocycles. The molecule has 0 unspecified atom stereocenters. The first-order valence-corrected chi connectivity index (χ1v) is 6.38. The van der Waals surface area contributed by atoms with Crippen molar-refractivity contribution in [2.75, 3.05) is 24.3 Å². The summed E-state index contributed by atoms with van der Waals surface area (Å²) < 4.78 is 2.00. The summed E-state index contributed by atoms with van der Waals surface area (Å²) in [7, 11) is 5.88. The van der Waals surface area contributed by atoms with E-state index >= 15 is 0 Å². The van der Waals surface area contributed by atoms with Crippen LogP contribution in [0.5, 0.6) is 0 Å². The number of nitrogens with one attached hydrogen (secondary N) is 1. The molecule has 0 bridgehead atoms. The lowest BCUT2D eigenvalue weighted by molar-refractivity contribution is 0.801. The molecule has 3 N–H and O–H groups in total. The number of rotatable bonds is 4. The number of hydrogen-bond donors (Lipinski definition) is 2. The summed E-state index contributed by atoms with van der Waals surface area (Å²) in [6.07, 6.45) is 1.81. The van der Waals surface area contributed by atoms with Gasteiger partial charge >= 0.3 is 0 Å². The van der Waals surface area contributed by atoms with E-state index in [1.54, 1.807) is 0 Å². The smallest absolute Gasteiger partial charge is 0.204 e. The van der Waals surface area contributed by atoms with Gasteiger partial charge in [-0.3, -0.25) is 0 Å². The van der Waals surface area contributed by atoms with Crippen LogP contribution in [0.1, 0.15) is 5.69 Å². The van der Waals surface area contributed by atoms with Gasteiger partial charge in [-0.15, -0.1) is 24.0 Å². The van der Waals surface area contributed by atoms with Crippen molar-refractivity contribution in [3.63, 3.8) is 0 Å². The maximum atomic E-state index is 5.87. The lowest BCUT2D eigenvalue weighted by Gasteiger charge is -2.12. The van der Waals surface area contributed by atoms with E-state index in [0.717, 1.165) is 17.3 Å². The normalized spacial score (nSPS) is 10.9. The van der Waals surface area contributed by atoms with E-state index in [2.05, 4.69) is 15.3 Å². The monoisotopic (exact) mass is 400 g/mol. The first-order chi connectivity index (χ1) is 9.58. The Bertz CT molecular complexity index is 591. The van der Waals surface area contributed by atoms with E-state index in [-0.39, 0.29) is 24.0 Å². The Hall–Kier alpha value is -1.77. The predicted octanol–water partition coefficient (Wildman–Crippen LogP) is 2.03. The SMILES string of the molecule is CN(C)c1ncc(CN=C(N)Nc2ccccc2)n1C.I. The molecule has 2 aromatic rings. The summed E-state index contributed by atoms with van der Waals surface area (Å²) in [6.45, 7) is 0.489. The second kappa shape index (κ2) is 7.87. The van der Waals surface area contributed by atoms with Crippen LogP contribution >= 0.6 is 24.0 Å². The van der Waals surface area contributed by atoms with Gasteiger partial charge in [-0.1, -0.05) is 18.2 Å². The highest BCUT2D eigenvalue weighted by atomic mass is 127. The lowest BCUT2D eigenvalue weighted by atomic mass is 10.3. The van der Waals surface area contributed by atoms with Crippen molar-refractivity contribution in [1.82, 2.24) is 9.55 Å². The van der Waals surface area contributed by atoms with Crippen LogP contribution in [0.4, 0.5) is 11.6 Å². The molecule has 0 saturated carbocycles. The van der Waals surface area contributed by atoms with Gasteiger partial charge in [0.05, 0.1) is 18.4 Å². The predicted molar refractivity (Wildman–Crippen MR) is 98.3 cm³/mol. The van der Waals surface area contributed by atoms with Gasteiger partial charge in [0.2, 0.25) is 5.95 Å². The van der Waals surface area contributed by atoms with E-state index in [4.69, 9.17) is 5.73 Å². The van der Waals surface area contributed by atoms with Crippen molar-refractivity contribution in [2.24, 2.45) is 17.8 Å². The molecular formula is C14H21IN6. The highest BCUT2D eigenvalue weighted by molar-refractivity contribution is 14.0. The fraction of sp³-hybridized carbons (Fsp3) is 0.286. The molecule has 0 atom stereocenters. The molecule has 0 aliphatic carbocycles. The van der Waals surface area contributed by atoms with Gasteiger partial charge in [0.25, 0.3) is 0 Å². The first-order valence-electron chi connectivity index (χ1n) is 6.38. The van der Waals surface area contributed by atoms with E-state index in [1.807, 2.05) is 67.1 Å². The second-order valence-corrected chi connectivity index (χ2v) is 4.70. The van der Waals surface area contributed by atoms with Crippen molar-refractivity contribution < 1.29 is 0 Å². The summed E-state index contributed by atoms with van der Waals surface area (Å²) in [4.78, 5) is 10.6. The fourth-order valence-electron chi connectivity index (χ4n) is 1.87. The van der Waals surface area contributed by atoms with Gasteiger partial charge in [0.15, 0.2) is 5.96 Å². The maximum Gasteiger partial charge on any atom is 0.204 e. The Morgan fingerprint density at radius 3 is 2.57 bits per heavy atom. The zero-order valence-electron chi connectivity index (χ0n) is 12.4. The molecule has 0 fully saturated rings. The summed E-state index contributed by atoms with van der Waals surface area (Å²) in [5, 5.41) is 3.05. The highest BCUT2D eigenvalue weighted by Gasteiger charge is 2.07. The Kier molecular flexibility index (Phi) is 6.47. The molecule has 1 aromatic heterocycles. The summed E-state index contributed by atoms with van der Waals surface area (Å²) in [6, 6.07) is 9.73. The molecule has 1 aromatic carbocycles. The standard InChI is InChI=1S/C14H20N6.HI/c1-19(2)14-17-10-12(20(14)3)9-16-13(15)18-11-7-5-4-6-8-11;/h4-8,10H,9H2,1-3H3,(H3,15,16,18);1H. The molecule has 2 rings (SSSR count). The minimum atomic E-state index is 0. The Morgan fingerprint density at radius 2 is 2.00 bits per heavy atom. The molecule has 0 aliphatic rings. The number of hydrogen-bond acceptors (Lipinski definition) is 3. The maximum absolute atomic E-state index is 5.87. The largest absolute Gasteiger partial charge is 0.370 e. The molecule has 21 heavy (non-hydrogen) atoms.